The molecule has 1 heterocycles. The maximum Gasteiger partial charge on any atom is 0.0931 e. The summed E-state index contributed by atoms with van der Waals surface area (Å²) in [6, 6.07) is 2.83. The van der Waals surface area contributed by atoms with E-state index < -0.39 is 0 Å². The molecule has 1 aliphatic rings. The number of halogens is 1. The van der Waals surface area contributed by atoms with Crippen molar-refractivity contribution in [3.05, 3.63) is 21.3 Å². The van der Waals surface area contributed by atoms with E-state index in [0.29, 0.717) is 0 Å². The van der Waals surface area contributed by atoms with Gasteiger partial charge in [0.05, 0.1) is 4.34 Å². The molecular formula is C9H12ClNS. The van der Waals surface area contributed by atoms with Crippen LogP contribution in [0.25, 0.3) is 0 Å². The van der Waals surface area contributed by atoms with Crippen molar-refractivity contribution < 1.29 is 0 Å². The molecule has 1 aromatic rings. The Bertz CT molecular complexity index is 265. The Morgan fingerprint density at radius 3 is 2.83 bits per heavy atom. The molecule has 2 rings (SSSR count). The van der Waals surface area contributed by atoms with Crippen LogP contribution in [0.4, 0.5) is 0 Å². The average Bonchev–Trinajstić information content (AvgIpc) is 2.34. The lowest BCUT2D eigenvalue weighted by molar-refractivity contribution is 0.308. The van der Waals surface area contributed by atoms with E-state index in [1.807, 2.05) is 7.05 Å². The third-order valence-electron chi connectivity index (χ3n) is 2.61. The van der Waals surface area contributed by atoms with Crippen molar-refractivity contribution in [1.29, 1.82) is 0 Å². The van der Waals surface area contributed by atoms with E-state index in [4.69, 9.17) is 11.6 Å². The molecule has 0 aliphatic heterocycles. The molecule has 0 radical (unpaired) electrons. The molecular weight excluding hydrogens is 190 g/mol. The SMILES string of the molecule is CNC1CC(c2csc(Cl)c2)C1. The normalized spacial score (nSPS) is 28.5. The summed E-state index contributed by atoms with van der Waals surface area (Å²) in [6.45, 7) is 0. The van der Waals surface area contributed by atoms with Crippen molar-refractivity contribution in [2.24, 2.45) is 0 Å². The molecule has 0 saturated heterocycles. The Labute approximate surface area is 81.7 Å². The minimum atomic E-state index is 0.730. The smallest absolute Gasteiger partial charge is 0.0931 e. The standard InChI is InChI=1S/C9H12ClNS/c1-11-8-2-6(3-8)7-4-9(10)12-5-7/h4-6,8,11H,2-3H2,1H3. The molecule has 1 fully saturated rings. The van der Waals surface area contributed by atoms with Crippen LogP contribution in [-0.4, -0.2) is 13.1 Å². The largest absolute Gasteiger partial charge is 0.317 e. The van der Waals surface area contributed by atoms with E-state index >= 15 is 0 Å². The van der Waals surface area contributed by atoms with E-state index in [9.17, 15) is 0 Å². The quantitative estimate of drug-likeness (QED) is 0.776. The van der Waals surface area contributed by atoms with E-state index in [1.54, 1.807) is 11.3 Å². The van der Waals surface area contributed by atoms with Gasteiger partial charge in [0.2, 0.25) is 0 Å². The molecule has 0 bridgehead atoms. The molecule has 3 heteroatoms. The first-order valence-electron chi connectivity index (χ1n) is 4.21. The third kappa shape index (κ3) is 1.51. The van der Waals surface area contributed by atoms with Gasteiger partial charge in [-0.05, 0) is 42.8 Å². The van der Waals surface area contributed by atoms with E-state index in [-0.39, 0.29) is 0 Å². The first-order chi connectivity index (χ1) is 5.79. The van der Waals surface area contributed by atoms with Crippen LogP contribution in [0.1, 0.15) is 24.3 Å². The molecule has 1 aromatic heterocycles. The van der Waals surface area contributed by atoms with Gasteiger partial charge in [0.25, 0.3) is 0 Å². The number of hydrogen-bond donors (Lipinski definition) is 1. The highest BCUT2D eigenvalue weighted by Crippen LogP contribution is 2.39. The Morgan fingerprint density at radius 2 is 2.33 bits per heavy atom. The van der Waals surface area contributed by atoms with Crippen LogP contribution in [0.5, 0.6) is 0 Å². The zero-order chi connectivity index (χ0) is 8.55. The predicted octanol–water partition coefficient (Wildman–Crippen LogP) is 2.87. The number of nitrogens with one attached hydrogen (secondary N) is 1. The lowest BCUT2D eigenvalue weighted by Gasteiger charge is -2.34. The van der Waals surface area contributed by atoms with Gasteiger partial charge in [-0.2, -0.15) is 0 Å². The van der Waals surface area contributed by atoms with Crippen LogP contribution in [0, 0.1) is 0 Å². The van der Waals surface area contributed by atoms with Gasteiger partial charge in [-0.15, -0.1) is 11.3 Å². The molecule has 1 N–H and O–H groups in total. The summed E-state index contributed by atoms with van der Waals surface area (Å²) in [5.74, 6) is 0.756. The van der Waals surface area contributed by atoms with Crippen LogP contribution in [0.3, 0.4) is 0 Å². The third-order valence-corrected chi connectivity index (χ3v) is 3.71. The van der Waals surface area contributed by atoms with Gasteiger partial charge in [-0.1, -0.05) is 11.6 Å². The maximum atomic E-state index is 5.86. The van der Waals surface area contributed by atoms with Gasteiger partial charge < -0.3 is 5.32 Å². The van der Waals surface area contributed by atoms with E-state index in [0.717, 1.165) is 16.3 Å². The van der Waals surface area contributed by atoms with Crippen LogP contribution < -0.4 is 5.32 Å². The zero-order valence-corrected chi connectivity index (χ0v) is 8.58. The van der Waals surface area contributed by atoms with Crippen LogP contribution in [0.15, 0.2) is 11.4 Å². The average molecular weight is 202 g/mol. The lowest BCUT2D eigenvalue weighted by Crippen LogP contribution is -2.37. The summed E-state index contributed by atoms with van der Waals surface area (Å²) in [5.41, 5.74) is 1.43. The molecule has 1 nitrogen and oxygen atoms in total. The topological polar surface area (TPSA) is 12.0 Å². The number of rotatable bonds is 2. The minimum absolute atomic E-state index is 0.730. The van der Waals surface area contributed by atoms with Gasteiger partial charge in [-0.25, -0.2) is 0 Å². The molecule has 0 atom stereocenters. The second-order valence-corrected chi connectivity index (χ2v) is 4.88. The summed E-state index contributed by atoms with van der Waals surface area (Å²) in [5, 5.41) is 5.46. The van der Waals surface area contributed by atoms with Crippen LogP contribution >= 0.6 is 22.9 Å². The Hall–Kier alpha value is -0.0500. The van der Waals surface area contributed by atoms with Crippen molar-refractivity contribution in [3.8, 4) is 0 Å². The summed E-state index contributed by atoms with van der Waals surface area (Å²) in [4.78, 5) is 0. The van der Waals surface area contributed by atoms with Gasteiger partial charge in [0.15, 0.2) is 0 Å². The minimum Gasteiger partial charge on any atom is -0.317 e. The van der Waals surface area contributed by atoms with E-state index in [1.165, 1.54) is 18.4 Å². The number of hydrogen-bond acceptors (Lipinski definition) is 2. The fourth-order valence-corrected chi connectivity index (χ4v) is 2.64. The van der Waals surface area contributed by atoms with Crippen LogP contribution in [0.2, 0.25) is 4.34 Å². The Kier molecular flexibility index (Phi) is 2.40. The maximum absolute atomic E-state index is 5.86. The fraction of sp³-hybridized carbons (Fsp3) is 0.556. The lowest BCUT2D eigenvalue weighted by atomic mass is 9.77. The summed E-state index contributed by atoms with van der Waals surface area (Å²) < 4.78 is 0.915. The highest BCUT2D eigenvalue weighted by atomic mass is 35.5. The van der Waals surface area contributed by atoms with Crippen molar-refractivity contribution in [1.82, 2.24) is 5.32 Å². The van der Waals surface area contributed by atoms with Crippen molar-refractivity contribution in [2.45, 2.75) is 24.8 Å². The Morgan fingerprint density at radius 1 is 1.58 bits per heavy atom. The van der Waals surface area contributed by atoms with Crippen molar-refractivity contribution >= 4 is 22.9 Å². The van der Waals surface area contributed by atoms with Crippen molar-refractivity contribution in [2.75, 3.05) is 7.05 Å². The highest BCUT2D eigenvalue weighted by molar-refractivity contribution is 7.14. The molecule has 12 heavy (non-hydrogen) atoms. The van der Waals surface area contributed by atoms with Gasteiger partial charge >= 0.3 is 0 Å². The zero-order valence-electron chi connectivity index (χ0n) is 7.01. The second kappa shape index (κ2) is 3.36. The van der Waals surface area contributed by atoms with Gasteiger partial charge in [0.1, 0.15) is 0 Å². The van der Waals surface area contributed by atoms with E-state index in [2.05, 4.69) is 16.8 Å². The first-order valence-corrected chi connectivity index (χ1v) is 5.46. The molecule has 1 aliphatic carbocycles. The Balaban J connectivity index is 1.96. The molecule has 1 saturated carbocycles. The molecule has 0 unspecified atom stereocenters. The summed E-state index contributed by atoms with van der Waals surface area (Å²) in [6.07, 6.45) is 2.53. The predicted molar refractivity (Wildman–Crippen MR) is 54.2 cm³/mol. The highest BCUT2D eigenvalue weighted by Gasteiger charge is 2.29. The molecule has 0 spiro atoms. The first kappa shape index (κ1) is 8.54. The van der Waals surface area contributed by atoms with Gasteiger partial charge in [0, 0.05) is 6.04 Å². The molecule has 0 aromatic carbocycles. The second-order valence-electron chi connectivity index (χ2n) is 3.34. The van der Waals surface area contributed by atoms with Crippen LogP contribution in [-0.2, 0) is 0 Å². The molecule has 0 amide bonds. The summed E-state index contributed by atoms with van der Waals surface area (Å²) >= 11 is 7.49. The summed E-state index contributed by atoms with van der Waals surface area (Å²) in [7, 11) is 2.03. The molecule has 66 valence electrons. The monoisotopic (exact) mass is 201 g/mol. The van der Waals surface area contributed by atoms with Crippen molar-refractivity contribution in [3.63, 3.8) is 0 Å². The van der Waals surface area contributed by atoms with Gasteiger partial charge in [-0.3, -0.25) is 0 Å². The fourth-order valence-electron chi connectivity index (χ4n) is 1.66. The number of thiophene rings is 1.